The zero-order valence-electron chi connectivity index (χ0n) is 20.0. The summed E-state index contributed by atoms with van der Waals surface area (Å²) >= 11 is 12.5. The van der Waals surface area contributed by atoms with Crippen molar-refractivity contribution in [1.82, 2.24) is 5.32 Å². The van der Waals surface area contributed by atoms with Crippen LogP contribution in [-0.4, -0.2) is 31.2 Å². The molecule has 1 saturated heterocycles. The molecule has 1 N–H and O–H groups in total. The van der Waals surface area contributed by atoms with Crippen LogP contribution in [0.25, 0.3) is 6.08 Å². The van der Waals surface area contributed by atoms with E-state index >= 15 is 0 Å². The molecule has 5 rings (SSSR count). The highest BCUT2D eigenvalue weighted by atomic mass is 35.5. The molecule has 0 saturated carbocycles. The van der Waals surface area contributed by atoms with E-state index in [1.165, 1.54) is 36.4 Å². The lowest BCUT2D eigenvalue weighted by atomic mass is 10.1. The van der Waals surface area contributed by atoms with Crippen LogP contribution >= 0.6 is 23.2 Å². The van der Waals surface area contributed by atoms with Gasteiger partial charge < -0.3 is 18.9 Å². The standard InChI is InChI=1S/C27H20Cl2N2O7/c1-2-35-23-12-16(10-20(29)24(23)36-13-15-3-8-21-22(11-15)38-14-37-21)9-19-25(32)30-27(34)31(26(19)33)18-6-4-17(28)5-7-18/h3-12H,2,13-14H2,1H3,(H,30,32,34)/b19-9+. The first-order valence-corrected chi connectivity index (χ1v) is 12.2. The van der Waals surface area contributed by atoms with Crippen molar-refractivity contribution in [1.29, 1.82) is 0 Å². The maximum absolute atomic E-state index is 13.2. The second-order valence-corrected chi connectivity index (χ2v) is 9.02. The van der Waals surface area contributed by atoms with E-state index in [2.05, 4.69) is 5.32 Å². The molecule has 38 heavy (non-hydrogen) atoms. The third-order valence-corrected chi connectivity index (χ3v) is 6.18. The number of hydrogen-bond donors (Lipinski definition) is 1. The van der Waals surface area contributed by atoms with Crippen LogP contribution in [0, 0.1) is 0 Å². The normalized spacial score (nSPS) is 15.6. The van der Waals surface area contributed by atoms with E-state index in [1.54, 1.807) is 19.1 Å². The molecular weight excluding hydrogens is 535 g/mol. The molecular formula is C27H20Cl2N2O7. The van der Waals surface area contributed by atoms with Gasteiger partial charge in [-0.3, -0.25) is 14.9 Å². The van der Waals surface area contributed by atoms with Crippen LogP contribution in [0.3, 0.4) is 0 Å². The van der Waals surface area contributed by atoms with Gasteiger partial charge in [0.15, 0.2) is 23.0 Å². The van der Waals surface area contributed by atoms with Crippen LogP contribution in [0.2, 0.25) is 10.0 Å². The van der Waals surface area contributed by atoms with Crippen LogP contribution in [0.5, 0.6) is 23.0 Å². The molecule has 3 aromatic rings. The van der Waals surface area contributed by atoms with E-state index in [0.29, 0.717) is 40.2 Å². The van der Waals surface area contributed by atoms with Crippen molar-refractivity contribution in [3.8, 4) is 23.0 Å². The molecule has 2 aliphatic rings. The quantitative estimate of drug-likeness (QED) is 0.309. The van der Waals surface area contributed by atoms with Gasteiger partial charge in [-0.15, -0.1) is 0 Å². The summed E-state index contributed by atoms with van der Waals surface area (Å²) in [5.41, 5.74) is 1.23. The van der Waals surface area contributed by atoms with E-state index in [1.807, 2.05) is 12.1 Å². The Hall–Kier alpha value is -4.21. The number of anilines is 1. The Morgan fingerprint density at radius 1 is 0.974 bits per heavy atom. The van der Waals surface area contributed by atoms with E-state index < -0.39 is 17.8 Å². The number of barbiturate groups is 1. The minimum absolute atomic E-state index is 0.170. The maximum atomic E-state index is 13.2. The van der Waals surface area contributed by atoms with Crippen molar-refractivity contribution in [2.24, 2.45) is 0 Å². The molecule has 0 atom stereocenters. The van der Waals surface area contributed by atoms with Crippen LogP contribution in [0.15, 0.2) is 60.2 Å². The number of carbonyl (C=O) groups is 3. The maximum Gasteiger partial charge on any atom is 0.335 e. The lowest BCUT2D eigenvalue weighted by Gasteiger charge is -2.26. The Morgan fingerprint density at radius 3 is 2.50 bits per heavy atom. The first-order chi connectivity index (χ1) is 18.3. The monoisotopic (exact) mass is 554 g/mol. The van der Waals surface area contributed by atoms with Crippen LogP contribution < -0.4 is 29.2 Å². The fourth-order valence-electron chi connectivity index (χ4n) is 3.91. The average molecular weight is 555 g/mol. The smallest absolute Gasteiger partial charge is 0.335 e. The lowest BCUT2D eigenvalue weighted by molar-refractivity contribution is -0.122. The second kappa shape index (κ2) is 10.6. The van der Waals surface area contributed by atoms with Gasteiger partial charge in [-0.1, -0.05) is 29.3 Å². The highest BCUT2D eigenvalue weighted by Gasteiger charge is 2.37. The van der Waals surface area contributed by atoms with Gasteiger partial charge in [-0.25, -0.2) is 9.69 Å². The summed E-state index contributed by atoms with van der Waals surface area (Å²) in [7, 11) is 0. The predicted octanol–water partition coefficient (Wildman–Crippen LogP) is 5.37. The molecule has 1 fully saturated rings. The molecule has 4 amide bonds. The Labute approximate surface area is 227 Å². The number of ether oxygens (including phenoxy) is 4. The fourth-order valence-corrected chi connectivity index (χ4v) is 4.31. The topological polar surface area (TPSA) is 103 Å². The molecule has 194 valence electrons. The number of fused-ring (bicyclic) bond motifs is 1. The molecule has 2 aliphatic heterocycles. The largest absolute Gasteiger partial charge is 0.490 e. The van der Waals surface area contributed by atoms with Crippen LogP contribution in [0.1, 0.15) is 18.1 Å². The summed E-state index contributed by atoms with van der Waals surface area (Å²) in [6.45, 7) is 2.46. The molecule has 0 aromatic heterocycles. The van der Waals surface area contributed by atoms with E-state index in [9.17, 15) is 14.4 Å². The number of imide groups is 2. The number of rotatable bonds is 7. The summed E-state index contributed by atoms with van der Waals surface area (Å²) in [5.74, 6) is 0.288. The number of amides is 4. The van der Waals surface area contributed by atoms with Crippen molar-refractivity contribution in [3.63, 3.8) is 0 Å². The molecule has 0 bridgehead atoms. The number of urea groups is 1. The Bertz CT molecular complexity index is 1470. The molecule has 2 heterocycles. The van der Waals surface area contributed by atoms with Crippen molar-refractivity contribution in [2.75, 3.05) is 18.3 Å². The highest BCUT2D eigenvalue weighted by molar-refractivity contribution is 6.39. The molecule has 0 aliphatic carbocycles. The molecule has 0 radical (unpaired) electrons. The number of carbonyl (C=O) groups excluding carboxylic acids is 3. The lowest BCUT2D eigenvalue weighted by Crippen LogP contribution is -2.54. The SMILES string of the molecule is CCOc1cc(/C=C2\C(=O)NC(=O)N(c3ccc(Cl)cc3)C2=O)cc(Cl)c1OCc1ccc2c(c1)OCO2. The minimum atomic E-state index is -0.861. The number of nitrogens with one attached hydrogen (secondary N) is 1. The Balaban J connectivity index is 1.42. The zero-order chi connectivity index (χ0) is 26.8. The van der Waals surface area contributed by atoms with Crippen molar-refractivity contribution in [3.05, 3.63) is 81.3 Å². The van der Waals surface area contributed by atoms with Gasteiger partial charge in [0.1, 0.15) is 12.2 Å². The zero-order valence-corrected chi connectivity index (χ0v) is 21.5. The first-order valence-electron chi connectivity index (χ1n) is 11.5. The molecule has 9 nitrogen and oxygen atoms in total. The van der Waals surface area contributed by atoms with Crippen LogP contribution in [0.4, 0.5) is 10.5 Å². The summed E-state index contributed by atoms with van der Waals surface area (Å²) in [6, 6.07) is 13.8. The van der Waals surface area contributed by atoms with Gasteiger partial charge in [0.05, 0.1) is 17.3 Å². The molecule has 11 heteroatoms. The van der Waals surface area contributed by atoms with E-state index in [-0.39, 0.29) is 29.7 Å². The van der Waals surface area contributed by atoms with Crippen molar-refractivity contribution >= 4 is 52.8 Å². The second-order valence-electron chi connectivity index (χ2n) is 8.17. The molecule has 3 aromatic carbocycles. The van der Waals surface area contributed by atoms with Gasteiger partial charge in [0.25, 0.3) is 11.8 Å². The predicted molar refractivity (Wildman–Crippen MR) is 140 cm³/mol. The summed E-state index contributed by atoms with van der Waals surface area (Å²) in [6.07, 6.45) is 1.34. The summed E-state index contributed by atoms with van der Waals surface area (Å²) < 4.78 is 22.4. The Kier molecular flexibility index (Phi) is 7.13. The van der Waals surface area contributed by atoms with Gasteiger partial charge in [-0.2, -0.15) is 0 Å². The van der Waals surface area contributed by atoms with E-state index in [0.717, 1.165) is 10.5 Å². The Morgan fingerprint density at radius 2 is 1.74 bits per heavy atom. The third-order valence-electron chi connectivity index (χ3n) is 5.65. The van der Waals surface area contributed by atoms with Gasteiger partial charge in [-0.05, 0) is 72.7 Å². The van der Waals surface area contributed by atoms with Crippen molar-refractivity contribution in [2.45, 2.75) is 13.5 Å². The fraction of sp³-hybridized carbons (Fsp3) is 0.148. The third kappa shape index (κ3) is 5.11. The summed E-state index contributed by atoms with van der Waals surface area (Å²) in [5, 5.41) is 2.82. The van der Waals surface area contributed by atoms with Crippen molar-refractivity contribution < 1.29 is 33.3 Å². The number of benzene rings is 3. The summed E-state index contributed by atoms with van der Waals surface area (Å²) in [4.78, 5) is 39.0. The van der Waals surface area contributed by atoms with Crippen LogP contribution in [-0.2, 0) is 16.2 Å². The highest BCUT2D eigenvalue weighted by Crippen LogP contribution is 2.39. The first kappa shape index (κ1) is 25.4. The van der Waals surface area contributed by atoms with Gasteiger partial charge >= 0.3 is 6.03 Å². The van der Waals surface area contributed by atoms with Gasteiger partial charge in [0.2, 0.25) is 6.79 Å². The molecule has 0 spiro atoms. The number of halogens is 2. The number of hydrogen-bond acceptors (Lipinski definition) is 7. The minimum Gasteiger partial charge on any atom is -0.490 e. The molecule has 0 unspecified atom stereocenters. The van der Waals surface area contributed by atoms with Gasteiger partial charge in [0, 0.05) is 5.02 Å². The van der Waals surface area contributed by atoms with E-state index in [4.69, 9.17) is 42.1 Å². The number of nitrogens with zero attached hydrogens (tertiary/aromatic N) is 1. The average Bonchev–Trinajstić information content (AvgIpc) is 3.35.